The van der Waals surface area contributed by atoms with E-state index in [1.54, 1.807) is 0 Å². The maximum atomic E-state index is 6.15. The molecule has 2 N–H and O–H groups in total. The molecule has 0 aromatic heterocycles. The van der Waals surface area contributed by atoms with Crippen LogP contribution in [0.2, 0.25) is 5.02 Å². The molecule has 92 valence electrons. The van der Waals surface area contributed by atoms with Gasteiger partial charge in [-0.3, -0.25) is 0 Å². The smallest absolute Gasteiger partial charge is 0.0451 e. The molecule has 0 saturated carbocycles. The Hall–Kier alpha value is -0.830. The summed E-state index contributed by atoms with van der Waals surface area (Å²) in [4.78, 5) is 2.30. The fourth-order valence-corrected chi connectivity index (χ4v) is 2.52. The Labute approximate surface area is 108 Å². The average Bonchev–Trinajstić information content (AvgIpc) is 2.67. The quantitative estimate of drug-likeness (QED) is 0.833. The molecule has 0 amide bonds. The molecule has 0 heterocycles. The maximum absolute atomic E-state index is 6.15. The van der Waals surface area contributed by atoms with Crippen molar-refractivity contribution >= 4 is 11.6 Å². The predicted octanol–water partition coefficient (Wildman–Crippen LogP) is 2.68. The van der Waals surface area contributed by atoms with E-state index >= 15 is 0 Å². The van der Waals surface area contributed by atoms with Crippen molar-refractivity contribution in [1.82, 2.24) is 4.90 Å². The third-order valence-electron chi connectivity index (χ3n) is 3.15. The van der Waals surface area contributed by atoms with Crippen LogP contribution in [0, 0.1) is 5.92 Å². The highest BCUT2D eigenvalue weighted by atomic mass is 35.5. The van der Waals surface area contributed by atoms with Gasteiger partial charge in [0.05, 0.1) is 0 Å². The second kappa shape index (κ2) is 5.67. The van der Waals surface area contributed by atoms with Crippen molar-refractivity contribution in [2.24, 2.45) is 11.7 Å². The molecule has 2 rings (SSSR count). The zero-order valence-corrected chi connectivity index (χ0v) is 10.9. The van der Waals surface area contributed by atoms with Crippen molar-refractivity contribution in [1.29, 1.82) is 0 Å². The molecule has 0 spiro atoms. The number of hydrogen-bond acceptors (Lipinski definition) is 2. The Bertz CT molecular complexity index is 403. The molecule has 0 fully saturated rings. The monoisotopic (exact) mass is 250 g/mol. The summed E-state index contributed by atoms with van der Waals surface area (Å²) in [5.41, 5.74) is 7.03. The number of rotatable bonds is 4. The molecule has 0 radical (unpaired) electrons. The number of nitrogens with two attached hydrogens (primary N) is 1. The largest absolute Gasteiger partial charge is 0.324 e. The van der Waals surface area contributed by atoms with Crippen molar-refractivity contribution in [2.45, 2.75) is 19.0 Å². The molecular formula is C14H19ClN2. The Morgan fingerprint density at radius 2 is 2.12 bits per heavy atom. The van der Waals surface area contributed by atoms with E-state index in [4.69, 9.17) is 17.3 Å². The minimum atomic E-state index is 0.244. The summed E-state index contributed by atoms with van der Waals surface area (Å²) < 4.78 is 0. The van der Waals surface area contributed by atoms with E-state index in [9.17, 15) is 0 Å². The first kappa shape index (κ1) is 12.6. The lowest BCUT2D eigenvalue weighted by Gasteiger charge is -2.21. The lowest BCUT2D eigenvalue weighted by Crippen LogP contribution is -2.26. The van der Waals surface area contributed by atoms with Gasteiger partial charge in [-0.05, 0) is 31.0 Å². The van der Waals surface area contributed by atoms with E-state index in [0.717, 1.165) is 24.5 Å². The van der Waals surface area contributed by atoms with Crippen LogP contribution in [-0.4, -0.2) is 24.5 Å². The summed E-state index contributed by atoms with van der Waals surface area (Å²) in [7, 11) is 2.13. The van der Waals surface area contributed by atoms with Gasteiger partial charge in [0.15, 0.2) is 0 Å². The van der Waals surface area contributed by atoms with Crippen LogP contribution in [0.15, 0.2) is 36.4 Å². The van der Waals surface area contributed by atoms with Gasteiger partial charge in [0.2, 0.25) is 0 Å². The maximum Gasteiger partial charge on any atom is 0.0451 e. The van der Waals surface area contributed by atoms with Crippen LogP contribution < -0.4 is 5.73 Å². The van der Waals surface area contributed by atoms with Crippen molar-refractivity contribution in [2.75, 3.05) is 13.6 Å². The minimum Gasteiger partial charge on any atom is -0.324 e. The Kier molecular flexibility index (Phi) is 4.21. The highest BCUT2D eigenvalue weighted by molar-refractivity contribution is 6.31. The zero-order chi connectivity index (χ0) is 12.3. The number of hydrogen-bond donors (Lipinski definition) is 1. The van der Waals surface area contributed by atoms with Crippen LogP contribution in [0.3, 0.4) is 0 Å². The molecule has 1 aliphatic rings. The molecule has 0 saturated heterocycles. The number of benzene rings is 1. The van der Waals surface area contributed by atoms with E-state index in [1.807, 2.05) is 18.2 Å². The second-order valence-electron chi connectivity index (χ2n) is 4.83. The van der Waals surface area contributed by atoms with Crippen molar-refractivity contribution in [3.05, 3.63) is 47.0 Å². The molecule has 1 aromatic rings. The SMILES string of the molecule is CN(Cc1ccccc1Cl)CC1C=CC(N)C1. The molecule has 1 aliphatic carbocycles. The molecule has 0 aliphatic heterocycles. The van der Waals surface area contributed by atoms with Gasteiger partial charge in [-0.2, -0.15) is 0 Å². The van der Waals surface area contributed by atoms with Gasteiger partial charge >= 0.3 is 0 Å². The first-order valence-electron chi connectivity index (χ1n) is 6.01. The summed E-state index contributed by atoms with van der Waals surface area (Å²) in [6.45, 7) is 1.93. The Morgan fingerprint density at radius 1 is 1.35 bits per heavy atom. The van der Waals surface area contributed by atoms with Gasteiger partial charge < -0.3 is 10.6 Å². The van der Waals surface area contributed by atoms with Crippen LogP contribution >= 0.6 is 11.6 Å². The molecule has 0 bridgehead atoms. The summed E-state index contributed by atoms with van der Waals surface area (Å²) in [6, 6.07) is 8.25. The van der Waals surface area contributed by atoms with Crippen molar-refractivity contribution in [3.8, 4) is 0 Å². The third-order valence-corrected chi connectivity index (χ3v) is 3.52. The minimum absolute atomic E-state index is 0.244. The van der Waals surface area contributed by atoms with Gasteiger partial charge in [0, 0.05) is 24.2 Å². The molecule has 3 heteroatoms. The van der Waals surface area contributed by atoms with E-state index in [1.165, 1.54) is 5.56 Å². The van der Waals surface area contributed by atoms with Gasteiger partial charge in [-0.1, -0.05) is 42.0 Å². The molecule has 2 atom stereocenters. The summed E-state index contributed by atoms with van der Waals surface area (Å²) in [5, 5.41) is 0.845. The Balaban J connectivity index is 1.87. The van der Waals surface area contributed by atoms with Crippen molar-refractivity contribution in [3.63, 3.8) is 0 Å². The molecule has 2 unspecified atom stereocenters. The fourth-order valence-electron chi connectivity index (χ4n) is 2.32. The van der Waals surface area contributed by atoms with E-state index in [-0.39, 0.29) is 6.04 Å². The molecule has 17 heavy (non-hydrogen) atoms. The van der Waals surface area contributed by atoms with E-state index in [2.05, 4.69) is 30.2 Å². The average molecular weight is 251 g/mol. The third kappa shape index (κ3) is 3.56. The summed E-state index contributed by atoms with van der Waals surface area (Å²) in [5.74, 6) is 0.581. The number of halogens is 1. The first-order chi connectivity index (χ1) is 8.15. The molecular weight excluding hydrogens is 232 g/mol. The summed E-state index contributed by atoms with van der Waals surface area (Å²) >= 11 is 6.15. The molecule has 1 aromatic carbocycles. The van der Waals surface area contributed by atoms with Crippen LogP contribution in [0.25, 0.3) is 0 Å². The second-order valence-corrected chi connectivity index (χ2v) is 5.24. The first-order valence-corrected chi connectivity index (χ1v) is 6.39. The van der Waals surface area contributed by atoms with E-state index in [0.29, 0.717) is 5.92 Å². The van der Waals surface area contributed by atoms with Crippen LogP contribution in [0.1, 0.15) is 12.0 Å². The highest BCUT2D eigenvalue weighted by Crippen LogP contribution is 2.20. The topological polar surface area (TPSA) is 29.3 Å². The zero-order valence-electron chi connectivity index (χ0n) is 10.1. The Morgan fingerprint density at radius 3 is 2.76 bits per heavy atom. The number of nitrogens with zero attached hydrogens (tertiary/aromatic N) is 1. The fraction of sp³-hybridized carbons (Fsp3) is 0.429. The summed E-state index contributed by atoms with van der Waals surface area (Å²) in [6.07, 6.45) is 5.40. The lowest BCUT2D eigenvalue weighted by atomic mass is 10.1. The predicted molar refractivity (Wildman–Crippen MR) is 73.0 cm³/mol. The van der Waals surface area contributed by atoms with Crippen molar-refractivity contribution < 1.29 is 0 Å². The lowest BCUT2D eigenvalue weighted by molar-refractivity contribution is 0.288. The van der Waals surface area contributed by atoms with Crippen LogP contribution in [0.5, 0.6) is 0 Å². The van der Waals surface area contributed by atoms with Gasteiger partial charge in [-0.25, -0.2) is 0 Å². The van der Waals surface area contributed by atoms with Gasteiger partial charge in [0.1, 0.15) is 0 Å². The van der Waals surface area contributed by atoms with Crippen LogP contribution in [-0.2, 0) is 6.54 Å². The van der Waals surface area contributed by atoms with Crippen LogP contribution in [0.4, 0.5) is 0 Å². The highest BCUT2D eigenvalue weighted by Gasteiger charge is 2.17. The van der Waals surface area contributed by atoms with Gasteiger partial charge in [-0.15, -0.1) is 0 Å². The standard InChI is InChI=1S/C14H19ClN2/c1-17(9-11-6-7-13(16)8-11)10-12-4-2-3-5-14(12)15/h2-7,11,13H,8-10,16H2,1H3. The normalized spacial score (nSPS) is 23.5. The molecule has 2 nitrogen and oxygen atoms in total. The van der Waals surface area contributed by atoms with E-state index < -0.39 is 0 Å². The van der Waals surface area contributed by atoms with Gasteiger partial charge in [0.25, 0.3) is 0 Å².